The molecular formula is C37H47NO7. The van der Waals surface area contributed by atoms with Gasteiger partial charge in [0.25, 0.3) is 0 Å². The summed E-state index contributed by atoms with van der Waals surface area (Å²) in [6.07, 6.45) is 4.10. The van der Waals surface area contributed by atoms with Gasteiger partial charge in [-0.05, 0) is 97.4 Å². The second-order valence-electron chi connectivity index (χ2n) is 12.9. The Morgan fingerprint density at radius 3 is 2.27 bits per heavy atom. The Hall–Kier alpha value is -3.75. The number of aryl methyl sites for hydroxylation is 2. The Balaban J connectivity index is 1.58. The number of carbonyl (C=O) groups excluding carboxylic acids is 2. The molecule has 2 aliphatic rings. The summed E-state index contributed by atoms with van der Waals surface area (Å²) in [5.41, 5.74) is 6.17. The van der Waals surface area contributed by atoms with E-state index in [2.05, 4.69) is 6.08 Å². The summed E-state index contributed by atoms with van der Waals surface area (Å²) in [6, 6.07) is 13.8. The van der Waals surface area contributed by atoms with Crippen LogP contribution in [0.3, 0.4) is 0 Å². The molecule has 8 nitrogen and oxygen atoms in total. The molecule has 1 aliphatic carbocycles. The third-order valence-electron chi connectivity index (χ3n) is 9.42. The number of phenolic OH excluding ortho intramolecular Hbond substituents is 1. The predicted molar refractivity (Wildman–Crippen MR) is 174 cm³/mol. The van der Waals surface area contributed by atoms with E-state index in [1.807, 2.05) is 70.2 Å². The van der Waals surface area contributed by atoms with Crippen LogP contribution < -0.4 is 0 Å². The molecule has 8 heteroatoms. The molecule has 0 unspecified atom stereocenters. The zero-order valence-electron chi connectivity index (χ0n) is 26.8. The number of benzene rings is 2. The fourth-order valence-corrected chi connectivity index (χ4v) is 7.13. The number of carboxylic acids is 1. The third-order valence-corrected chi connectivity index (χ3v) is 9.42. The van der Waals surface area contributed by atoms with Crippen LogP contribution in [0.4, 0.5) is 0 Å². The SMILES string of the molecule is Cc1cc(/C=C(/CC[C@@H](O)C2=C(C(C)C)C[C@H]3C(=O)N(CCCCCC(=O)O)C(=O)[C@H]3[C@H]2CO)c2ccccc2)cc(C)c1O. The number of hydrogen-bond donors (Lipinski definition) is 4. The number of allylic oxidation sites excluding steroid dienone is 2. The minimum absolute atomic E-state index is 0.0182. The Bertz CT molecular complexity index is 1440. The van der Waals surface area contributed by atoms with Crippen LogP contribution in [-0.2, 0) is 14.4 Å². The summed E-state index contributed by atoms with van der Waals surface area (Å²) in [4.78, 5) is 39.2. The normalized spacial score (nSPS) is 21.1. The van der Waals surface area contributed by atoms with Crippen molar-refractivity contribution in [2.24, 2.45) is 23.7 Å². The second-order valence-corrected chi connectivity index (χ2v) is 12.9. The monoisotopic (exact) mass is 617 g/mol. The van der Waals surface area contributed by atoms with Gasteiger partial charge in [0.1, 0.15) is 5.75 Å². The Kier molecular flexibility index (Phi) is 11.4. The standard InChI is InChI=1S/C37H47NO7/c1-22(2)28-20-29-34(37(45)38(36(29)44)16-10-6-9-13-32(41)42)30(21-39)33(28)31(40)15-14-27(26-11-7-5-8-12-26)19-25-17-23(3)35(43)24(4)18-25/h5,7-8,11-12,17-19,22,29-31,34,39-40,43H,6,9-10,13-16,20-21H2,1-4H3,(H,41,42)/b27-19-/t29-,30+,31-,34-/m1/s1. The number of aliphatic hydroxyl groups is 2. The highest BCUT2D eigenvalue weighted by Gasteiger charge is 2.54. The van der Waals surface area contributed by atoms with E-state index in [9.17, 15) is 29.7 Å². The number of imide groups is 1. The average molecular weight is 618 g/mol. The van der Waals surface area contributed by atoms with Crippen LogP contribution in [0.15, 0.2) is 53.6 Å². The maximum Gasteiger partial charge on any atom is 0.303 e. The fraction of sp³-hybridized carbons (Fsp3) is 0.486. The summed E-state index contributed by atoms with van der Waals surface area (Å²) in [7, 11) is 0. The van der Waals surface area contributed by atoms with Gasteiger partial charge in [0, 0.05) is 18.9 Å². The lowest BCUT2D eigenvalue weighted by Crippen LogP contribution is -2.40. The number of unbranched alkanes of at least 4 members (excludes halogenated alkanes) is 2. The van der Waals surface area contributed by atoms with Crippen molar-refractivity contribution < 1.29 is 34.8 Å². The van der Waals surface area contributed by atoms with Crippen molar-refractivity contribution in [3.8, 4) is 5.75 Å². The van der Waals surface area contributed by atoms with E-state index in [0.29, 0.717) is 44.1 Å². The van der Waals surface area contributed by atoms with Crippen LogP contribution in [-0.4, -0.2) is 62.4 Å². The number of amides is 2. The summed E-state index contributed by atoms with van der Waals surface area (Å²) < 4.78 is 0. The number of rotatable bonds is 14. The fourth-order valence-electron chi connectivity index (χ4n) is 7.13. The molecule has 4 N–H and O–H groups in total. The summed E-state index contributed by atoms with van der Waals surface area (Å²) in [6.45, 7) is 7.66. The lowest BCUT2D eigenvalue weighted by Gasteiger charge is -2.38. The molecule has 1 fully saturated rings. The quantitative estimate of drug-likeness (QED) is 0.0897. The first-order valence-corrected chi connectivity index (χ1v) is 16.1. The molecule has 1 aliphatic heterocycles. The Morgan fingerprint density at radius 1 is 1.00 bits per heavy atom. The third kappa shape index (κ3) is 7.74. The van der Waals surface area contributed by atoms with Crippen molar-refractivity contribution in [3.05, 3.63) is 75.9 Å². The van der Waals surface area contributed by atoms with E-state index >= 15 is 0 Å². The van der Waals surface area contributed by atoms with E-state index in [1.165, 1.54) is 4.90 Å². The molecule has 2 aromatic carbocycles. The molecule has 242 valence electrons. The first kappa shape index (κ1) is 34.1. The highest BCUT2D eigenvalue weighted by Crippen LogP contribution is 2.48. The zero-order valence-corrected chi connectivity index (χ0v) is 26.8. The number of likely N-dealkylation sites (tertiary alicyclic amines) is 1. The van der Waals surface area contributed by atoms with Crippen molar-refractivity contribution in [2.45, 2.75) is 78.7 Å². The van der Waals surface area contributed by atoms with Gasteiger partial charge in [-0.1, -0.05) is 62.2 Å². The molecule has 2 amide bonds. The largest absolute Gasteiger partial charge is 0.507 e. The summed E-state index contributed by atoms with van der Waals surface area (Å²) in [5.74, 6) is -3.06. The number of phenols is 1. The highest BCUT2D eigenvalue weighted by molar-refractivity contribution is 6.05. The number of nitrogens with zero attached hydrogens (tertiary/aromatic N) is 1. The van der Waals surface area contributed by atoms with E-state index in [4.69, 9.17) is 5.11 Å². The number of carboxylic acid groups (broad SMARTS) is 1. The number of aliphatic carboxylic acids is 1. The molecule has 2 aromatic rings. The molecule has 0 bridgehead atoms. The number of aromatic hydroxyl groups is 1. The lowest BCUT2D eigenvalue weighted by molar-refractivity contribution is -0.141. The van der Waals surface area contributed by atoms with E-state index in [-0.39, 0.29) is 43.1 Å². The molecular weight excluding hydrogens is 570 g/mol. The van der Waals surface area contributed by atoms with Crippen molar-refractivity contribution >= 4 is 29.4 Å². The first-order valence-electron chi connectivity index (χ1n) is 16.1. The maximum absolute atomic E-state index is 13.6. The van der Waals surface area contributed by atoms with Crippen LogP contribution in [0.1, 0.15) is 81.0 Å². The van der Waals surface area contributed by atoms with Gasteiger partial charge in [0.05, 0.1) is 24.5 Å². The van der Waals surface area contributed by atoms with Crippen LogP contribution in [0.2, 0.25) is 0 Å². The van der Waals surface area contributed by atoms with Crippen LogP contribution in [0, 0.1) is 37.5 Å². The maximum atomic E-state index is 13.6. The molecule has 0 saturated carbocycles. The zero-order chi connectivity index (χ0) is 32.8. The molecule has 1 heterocycles. The van der Waals surface area contributed by atoms with Crippen molar-refractivity contribution in [2.75, 3.05) is 13.2 Å². The van der Waals surface area contributed by atoms with Crippen molar-refractivity contribution in [3.63, 3.8) is 0 Å². The molecule has 4 atom stereocenters. The molecule has 0 spiro atoms. The summed E-state index contributed by atoms with van der Waals surface area (Å²) >= 11 is 0. The van der Waals surface area contributed by atoms with Crippen LogP contribution >= 0.6 is 0 Å². The number of aliphatic hydroxyl groups excluding tert-OH is 2. The number of carbonyl (C=O) groups is 3. The average Bonchev–Trinajstić information content (AvgIpc) is 3.25. The van der Waals surface area contributed by atoms with E-state index < -0.39 is 29.8 Å². The van der Waals surface area contributed by atoms with Gasteiger partial charge < -0.3 is 20.4 Å². The Labute approximate surface area is 266 Å². The van der Waals surface area contributed by atoms with Crippen LogP contribution in [0.5, 0.6) is 5.75 Å². The van der Waals surface area contributed by atoms with Gasteiger partial charge in [0.2, 0.25) is 11.8 Å². The smallest absolute Gasteiger partial charge is 0.303 e. The number of fused-ring (bicyclic) bond motifs is 1. The molecule has 4 rings (SSSR count). The van der Waals surface area contributed by atoms with Crippen molar-refractivity contribution in [1.29, 1.82) is 0 Å². The van der Waals surface area contributed by atoms with E-state index in [0.717, 1.165) is 33.4 Å². The minimum atomic E-state index is -0.913. The van der Waals surface area contributed by atoms with Crippen LogP contribution in [0.25, 0.3) is 11.6 Å². The van der Waals surface area contributed by atoms with Gasteiger partial charge in [-0.25, -0.2) is 0 Å². The van der Waals surface area contributed by atoms with Gasteiger partial charge in [-0.3, -0.25) is 19.3 Å². The molecule has 0 radical (unpaired) electrons. The molecule has 1 saturated heterocycles. The summed E-state index contributed by atoms with van der Waals surface area (Å²) in [5, 5.41) is 41.6. The van der Waals surface area contributed by atoms with Crippen molar-refractivity contribution in [1.82, 2.24) is 4.90 Å². The predicted octanol–water partition coefficient (Wildman–Crippen LogP) is 5.90. The first-order chi connectivity index (χ1) is 21.4. The van der Waals surface area contributed by atoms with Gasteiger partial charge in [-0.15, -0.1) is 0 Å². The van der Waals surface area contributed by atoms with Gasteiger partial charge >= 0.3 is 5.97 Å². The minimum Gasteiger partial charge on any atom is -0.507 e. The molecule has 45 heavy (non-hydrogen) atoms. The highest BCUT2D eigenvalue weighted by atomic mass is 16.4. The Morgan fingerprint density at radius 2 is 1.67 bits per heavy atom. The van der Waals surface area contributed by atoms with Gasteiger partial charge in [0.15, 0.2) is 0 Å². The lowest BCUT2D eigenvalue weighted by atomic mass is 9.66. The second kappa shape index (κ2) is 15.0. The van der Waals surface area contributed by atoms with Gasteiger partial charge in [-0.2, -0.15) is 0 Å². The van der Waals surface area contributed by atoms with E-state index in [1.54, 1.807) is 0 Å². The number of hydrogen-bond acceptors (Lipinski definition) is 6. The topological polar surface area (TPSA) is 135 Å². The molecule has 0 aromatic heterocycles.